The monoisotopic (exact) mass is 306 g/mol. The van der Waals surface area contributed by atoms with Crippen molar-refractivity contribution in [1.29, 1.82) is 0 Å². The third-order valence-electron chi connectivity index (χ3n) is 2.65. The second kappa shape index (κ2) is 5.32. The summed E-state index contributed by atoms with van der Waals surface area (Å²) in [6.07, 6.45) is -3.14. The molecule has 1 saturated carbocycles. The molecule has 2 N–H and O–H groups in total. The van der Waals surface area contributed by atoms with Crippen molar-refractivity contribution in [3.8, 4) is 0 Å². The predicted molar refractivity (Wildman–Crippen MR) is 66.2 cm³/mol. The smallest absolute Gasteiger partial charge is 0.345 e. The molecule has 1 aliphatic carbocycles. The predicted octanol–water partition coefficient (Wildman–Crippen LogP) is 2.58. The first-order chi connectivity index (χ1) is 9.27. The number of rotatable bonds is 2. The van der Waals surface area contributed by atoms with Crippen LogP contribution in [0.15, 0.2) is 18.2 Å². The summed E-state index contributed by atoms with van der Waals surface area (Å²) in [7, 11) is 0. The highest BCUT2D eigenvalue weighted by molar-refractivity contribution is 6.40. The van der Waals surface area contributed by atoms with Gasteiger partial charge in [-0.05, 0) is 31.0 Å². The quantitative estimate of drug-likeness (QED) is 0.825. The molecule has 108 valence electrons. The van der Waals surface area contributed by atoms with Gasteiger partial charge >= 0.3 is 18.0 Å². The molecule has 1 aliphatic rings. The molecule has 2 amide bonds. The second-order valence-electron chi connectivity index (χ2n) is 4.39. The number of halogens is 4. The third kappa shape index (κ3) is 3.63. The molecule has 0 unspecified atom stereocenters. The molecule has 4 nitrogen and oxygen atoms in total. The second-order valence-corrected chi connectivity index (χ2v) is 4.83. The number of nitrogens with one attached hydrogen (secondary N) is 2. The molecule has 0 aliphatic heterocycles. The van der Waals surface area contributed by atoms with Crippen LogP contribution in [0.5, 0.6) is 0 Å². The molecular weight excluding hydrogens is 297 g/mol. The summed E-state index contributed by atoms with van der Waals surface area (Å²) in [4.78, 5) is 22.9. The topological polar surface area (TPSA) is 58.2 Å². The van der Waals surface area contributed by atoms with Gasteiger partial charge in [0, 0.05) is 11.1 Å². The standard InChI is InChI=1S/C12H10ClF3N2O2/c13-6-1-4-9(8(5-6)12(14,15)16)18-11(20)10(19)17-7-2-3-7/h1,4-5,7H,2-3H2,(H,17,19)(H,18,20). The average Bonchev–Trinajstić information content (AvgIpc) is 3.13. The Balaban J connectivity index is 2.15. The molecule has 1 fully saturated rings. The molecule has 0 radical (unpaired) electrons. The Hall–Kier alpha value is -1.76. The van der Waals surface area contributed by atoms with E-state index in [1.54, 1.807) is 0 Å². The number of alkyl halides is 3. The molecular formula is C12H10ClF3N2O2. The molecule has 0 heterocycles. The molecule has 0 aromatic heterocycles. The lowest BCUT2D eigenvalue weighted by Crippen LogP contribution is -2.37. The first kappa shape index (κ1) is 14.6. The Morgan fingerprint density at radius 2 is 1.85 bits per heavy atom. The van der Waals surface area contributed by atoms with Crippen LogP contribution in [0, 0.1) is 0 Å². The number of hydrogen-bond donors (Lipinski definition) is 2. The van der Waals surface area contributed by atoms with Gasteiger partial charge in [-0.2, -0.15) is 13.2 Å². The Morgan fingerprint density at radius 1 is 1.20 bits per heavy atom. The lowest BCUT2D eigenvalue weighted by Gasteiger charge is -2.14. The highest BCUT2D eigenvalue weighted by Gasteiger charge is 2.35. The van der Waals surface area contributed by atoms with Crippen LogP contribution in [0.2, 0.25) is 5.02 Å². The molecule has 0 bridgehead atoms. The Morgan fingerprint density at radius 3 is 2.40 bits per heavy atom. The van der Waals surface area contributed by atoms with Crippen molar-refractivity contribution in [2.45, 2.75) is 25.1 Å². The maximum Gasteiger partial charge on any atom is 0.418 e. The molecule has 0 atom stereocenters. The van der Waals surface area contributed by atoms with E-state index in [1.807, 2.05) is 5.32 Å². The van der Waals surface area contributed by atoms with Crippen LogP contribution in [0.1, 0.15) is 18.4 Å². The molecule has 0 saturated heterocycles. The Bertz CT molecular complexity index is 556. The van der Waals surface area contributed by atoms with E-state index in [1.165, 1.54) is 6.07 Å². The van der Waals surface area contributed by atoms with E-state index in [4.69, 9.17) is 11.6 Å². The minimum atomic E-state index is -4.68. The summed E-state index contributed by atoms with van der Waals surface area (Å²) < 4.78 is 38.4. The van der Waals surface area contributed by atoms with Crippen LogP contribution in [0.3, 0.4) is 0 Å². The molecule has 1 aromatic carbocycles. The van der Waals surface area contributed by atoms with Crippen molar-refractivity contribution in [3.63, 3.8) is 0 Å². The van der Waals surface area contributed by atoms with E-state index in [-0.39, 0.29) is 11.1 Å². The Kier molecular flexibility index (Phi) is 3.89. The number of carbonyl (C=O) groups is 2. The maximum atomic E-state index is 12.8. The highest BCUT2D eigenvalue weighted by atomic mass is 35.5. The summed E-state index contributed by atoms with van der Waals surface area (Å²) in [6, 6.07) is 2.84. The largest absolute Gasteiger partial charge is 0.418 e. The molecule has 2 rings (SSSR count). The number of amides is 2. The zero-order valence-electron chi connectivity index (χ0n) is 10.1. The van der Waals surface area contributed by atoms with Crippen molar-refractivity contribution < 1.29 is 22.8 Å². The van der Waals surface area contributed by atoms with E-state index in [2.05, 4.69) is 5.32 Å². The zero-order chi connectivity index (χ0) is 14.9. The Labute approximate surface area is 117 Å². The van der Waals surface area contributed by atoms with Gasteiger partial charge in [0.1, 0.15) is 0 Å². The minimum absolute atomic E-state index is 0.0550. The summed E-state index contributed by atoms with van der Waals surface area (Å²) in [5, 5.41) is 4.22. The van der Waals surface area contributed by atoms with Gasteiger partial charge in [-0.15, -0.1) is 0 Å². The van der Waals surface area contributed by atoms with Crippen LogP contribution in [-0.2, 0) is 15.8 Å². The van der Waals surface area contributed by atoms with E-state index in [9.17, 15) is 22.8 Å². The van der Waals surface area contributed by atoms with Gasteiger partial charge in [0.05, 0.1) is 11.3 Å². The van der Waals surface area contributed by atoms with Gasteiger partial charge in [-0.3, -0.25) is 9.59 Å². The fourth-order valence-corrected chi connectivity index (χ4v) is 1.69. The van der Waals surface area contributed by atoms with E-state index in [0.717, 1.165) is 18.9 Å². The van der Waals surface area contributed by atoms with Crippen LogP contribution in [0.25, 0.3) is 0 Å². The lowest BCUT2D eigenvalue weighted by atomic mass is 10.1. The lowest BCUT2D eigenvalue weighted by molar-refractivity contribution is -0.138. The van der Waals surface area contributed by atoms with Crippen molar-refractivity contribution in [2.75, 3.05) is 5.32 Å². The van der Waals surface area contributed by atoms with Crippen LogP contribution >= 0.6 is 11.6 Å². The molecule has 8 heteroatoms. The van der Waals surface area contributed by atoms with Crippen LogP contribution in [0.4, 0.5) is 18.9 Å². The minimum Gasteiger partial charge on any atom is -0.345 e. The van der Waals surface area contributed by atoms with Gasteiger partial charge in [-0.25, -0.2) is 0 Å². The van der Waals surface area contributed by atoms with Crippen LogP contribution < -0.4 is 10.6 Å². The van der Waals surface area contributed by atoms with Gasteiger partial charge in [0.15, 0.2) is 0 Å². The van der Waals surface area contributed by atoms with Crippen molar-refractivity contribution in [2.24, 2.45) is 0 Å². The van der Waals surface area contributed by atoms with Gasteiger partial charge < -0.3 is 10.6 Å². The van der Waals surface area contributed by atoms with Crippen molar-refractivity contribution in [3.05, 3.63) is 28.8 Å². The van der Waals surface area contributed by atoms with Gasteiger partial charge in [-0.1, -0.05) is 11.6 Å². The zero-order valence-corrected chi connectivity index (χ0v) is 10.8. The maximum absolute atomic E-state index is 12.8. The number of carbonyl (C=O) groups excluding carboxylic acids is 2. The molecule has 20 heavy (non-hydrogen) atoms. The summed E-state index contributed by atoms with van der Waals surface area (Å²) >= 11 is 5.51. The highest BCUT2D eigenvalue weighted by Crippen LogP contribution is 2.36. The van der Waals surface area contributed by atoms with Crippen LogP contribution in [-0.4, -0.2) is 17.9 Å². The van der Waals surface area contributed by atoms with Crippen molar-refractivity contribution in [1.82, 2.24) is 5.32 Å². The van der Waals surface area contributed by atoms with Gasteiger partial charge in [0.25, 0.3) is 0 Å². The number of benzene rings is 1. The number of hydrogen-bond acceptors (Lipinski definition) is 2. The SMILES string of the molecule is O=C(Nc1ccc(Cl)cc1C(F)(F)F)C(=O)NC1CC1. The summed E-state index contributed by atoms with van der Waals surface area (Å²) in [5.41, 5.74) is -1.60. The van der Waals surface area contributed by atoms with Gasteiger partial charge in [0.2, 0.25) is 0 Å². The first-order valence-electron chi connectivity index (χ1n) is 5.76. The summed E-state index contributed by atoms with van der Waals surface area (Å²) in [5.74, 6) is -2.08. The fourth-order valence-electron chi connectivity index (χ4n) is 1.52. The summed E-state index contributed by atoms with van der Waals surface area (Å²) in [6.45, 7) is 0. The molecule has 0 spiro atoms. The average molecular weight is 307 g/mol. The number of anilines is 1. The van der Waals surface area contributed by atoms with Crippen molar-refractivity contribution >= 4 is 29.1 Å². The third-order valence-corrected chi connectivity index (χ3v) is 2.89. The van der Waals surface area contributed by atoms with E-state index < -0.39 is 29.2 Å². The first-order valence-corrected chi connectivity index (χ1v) is 6.14. The fraction of sp³-hybridized carbons (Fsp3) is 0.333. The van der Waals surface area contributed by atoms with E-state index in [0.29, 0.717) is 6.07 Å². The molecule has 1 aromatic rings. The van der Waals surface area contributed by atoms with E-state index >= 15 is 0 Å². The normalized spacial score (nSPS) is 14.8.